The summed E-state index contributed by atoms with van der Waals surface area (Å²) in [6, 6.07) is 3.17. The topological polar surface area (TPSA) is 76.7 Å². The second-order valence-electron chi connectivity index (χ2n) is 5.57. The Morgan fingerprint density at radius 2 is 1.86 bits per heavy atom. The van der Waals surface area contributed by atoms with Gasteiger partial charge < -0.3 is 14.8 Å². The Balaban J connectivity index is 2.40. The first-order valence-corrected chi connectivity index (χ1v) is 8.27. The van der Waals surface area contributed by atoms with Gasteiger partial charge in [-0.25, -0.2) is 13.1 Å². The fourth-order valence-corrected chi connectivity index (χ4v) is 4.21. The second-order valence-corrected chi connectivity index (χ2v) is 7.22. The average molecular weight is 314 g/mol. The highest BCUT2D eigenvalue weighted by Gasteiger charge is 2.34. The molecule has 1 aliphatic heterocycles. The van der Waals surface area contributed by atoms with Gasteiger partial charge in [0.1, 0.15) is 0 Å². The van der Waals surface area contributed by atoms with Crippen molar-refractivity contribution < 1.29 is 17.9 Å². The molecule has 0 spiro atoms. The van der Waals surface area contributed by atoms with Crippen molar-refractivity contribution in [2.75, 3.05) is 27.3 Å². The quantitative estimate of drug-likeness (QED) is 0.849. The Morgan fingerprint density at radius 3 is 2.38 bits per heavy atom. The molecule has 21 heavy (non-hydrogen) atoms. The van der Waals surface area contributed by atoms with E-state index in [2.05, 4.69) is 10.0 Å². The normalized spacial score (nSPS) is 22.3. The fraction of sp³-hybridized carbons (Fsp3) is 0.571. The maximum absolute atomic E-state index is 12.6. The van der Waals surface area contributed by atoms with Gasteiger partial charge in [0.25, 0.3) is 0 Å². The van der Waals surface area contributed by atoms with Crippen LogP contribution in [-0.4, -0.2) is 41.3 Å². The van der Waals surface area contributed by atoms with Crippen LogP contribution in [0, 0.1) is 6.92 Å². The predicted molar refractivity (Wildman–Crippen MR) is 80.5 cm³/mol. The van der Waals surface area contributed by atoms with E-state index in [-0.39, 0.29) is 4.90 Å². The Morgan fingerprint density at radius 1 is 1.24 bits per heavy atom. The van der Waals surface area contributed by atoms with Crippen LogP contribution in [-0.2, 0) is 10.0 Å². The van der Waals surface area contributed by atoms with Crippen molar-refractivity contribution in [1.29, 1.82) is 0 Å². The molecule has 2 rings (SSSR count). The maximum Gasteiger partial charge on any atom is 0.241 e. The van der Waals surface area contributed by atoms with Crippen LogP contribution in [0.1, 0.15) is 18.9 Å². The van der Waals surface area contributed by atoms with E-state index < -0.39 is 15.6 Å². The third-order valence-electron chi connectivity index (χ3n) is 3.72. The van der Waals surface area contributed by atoms with Crippen molar-refractivity contribution in [3.05, 3.63) is 17.7 Å². The van der Waals surface area contributed by atoms with Crippen LogP contribution in [0.5, 0.6) is 11.5 Å². The van der Waals surface area contributed by atoms with Gasteiger partial charge in [0.2, 0.25) is 10.0 Å². The number of benzene rings is 1. The SMILES string of the molecule is COc1cc(C)c(S(=O)(=O)NC2(C)CCNC2)cc1OC. The number of hydrogen-bond donors (Lipinski definition) is 2. The molecule has 1 aromatic carbocycles. The van der Waals surface area contributed by atoms with E-state index in [0.29, 0.717) is 23.6 Å². The van der Waals surface area contributed by atoms with Gasteiger partial charge in [-0.05, 0) is 38.4 Å². The lowest BCUT2D eigenvalue weighted by Crippen LogP contribution is -2.47. The van der Waals surface area contributed by atoms with Crippen LogP contribution in [0.4, 0.5) is 0 Å². The molecule has 0 bridgehead atoms. The first-order chi connectivity index (χ1) is 9.81. The van der Waals surface area contributed by atoms with Crippen LogP contribution >= 0.6 is 0 Å². The molecule has 0 aromatic heterocycles. The van der Waals surface area contributed by atoms with E-state index in [1.165, 1.54) is 20.3 Å². The number of ether oxygens (including phenoxy) is 2. The number of methoxy groups -OCH3 is 2. The molecule has 1 atom stereocenters. The van der Waals surface area contributed by atoms with Crippen LogP contribution in [0.2, 0.25) is 0 Å². The molecule has 0 aliphatic carbocycles. The fourth-order valence-electron chi connectivity index (χ4n) is 2.53. The van der Waals surface area contributed by atoms with E-state index in [9.17, 15) is 8.42 Å². The summed E-state index contributed by atoms with van der Waals surface area (Å²) in [7, 11) is -0.608. The van der Waals surface area contributed by atoms with E-state index in [1.54, 1.807) is 13.0 Å². The number of nitrogens with one attached hydrogen (secondary N) is 2. The van der Waals surface area contributed by atoms with Crippen molar-refractivity contribution in [3.8, 4) is 11.5 Å². The molecule has 1 unspecified atom stereocenters. The van der Waals surface area contributed by atoms with Gasteiger partial charge in [0.05, 0.1) is 19.1 Å². The highest BCUT2D eigenvalue weighted by Crippen LogP contribution is 2.33. The molecule has 1 saturated heterocycles. The Labute approximate surface area is 125 Å². The summed E-state index contributed by atoms with van der Waals surface area (Å²) in [5.74, 6) is 0.917. The van der Waals surface area contributed by atoms with Gasteiger partial charge in [-0.2, -0.15) is 0 Å². The average Bonchev–Trinajstić information content (AvgIpc) is 2.83. The minimum absolute atomic E-state index is 0.216. The van der Waals surface area contributed by atoms with Crippen molar-refractivity contribution >= 4 is 10.0 Å². The van der Waals surface area contributed by atoms with Gasteiger partial charge in [0.15, 0.2) is 11.5 Å². The molecule has 1 aliphatic rings. The third kappa shape index (κ3) is 3.30. The summed E-state index contributed by atoms with van der Waals surface area (Å²) in [5, 5.41) is 3.17. The molecule has 0 radical (unpaired) electrons. The monoisotopic (exact) mass is 314 g/mol. The molecule has 118 valence electrons. The zero-order valence-corrected chi connectivity index (χ0v) is 13.6. The van der Waals surface area contributed by atoms with Crippen molar-refractivity contribution in [1.82, 2.24) is 10.0 Å². The standard InChI is InChI=1S/C14H22N2O4S/c1-10-7-11(19-3)12(20-4)8-13(10)21(17,18)16-14(2)5-6-15-9-14/h7-8,15-16H,5-6,9H2,1-4H3. The molecular weight excluding hydrogens is 292 g/mol. The largest absolute Gasteiger partial charge is 0.493 e. The molecule has 7 heteroatoms. The first kappa shape index (κ1) is 16.1. The molecule has 1 fully saturated rings. The van der Waals surface area contributed by atoms with Crippen LogP contribution in [0.25, 0.3) is 0 Å². The van der Waals surface area contributed by atoms with Crippen LogP contribution in [0.3, 0.4) is 0 Å². The number of aryl methyl sites for hydroxylation is 1. The van der Waals surface area contributed by atoms with Gasteiger partial charge in [-0.15, -0.1) is 0 Å². The smallest absolute Gasteiger partial charge is 0.241 e. The Hall–Kier alpha value is -1.31. The highest BCUT2D eigenvalue weighted by atomic mass is 32.2. The molecule has 1 aromatic rings. The number of rotatable bonds is 5. The van der Waals surface area contributed by atoms with Crippen molar-refractivity contribution in [3.63, 3.8) is 0 Å². The van der Waals surface area contributed by atoms with Crippen molar-refractivity contribution in [2.45, 2.75) is 30.7 Å². The van der Waals surface area contributed by atoms with Gasteiger partial charge in [-0.3, -0.25) is 0 Å². The summed E-state index contributed by atoms with van der Waals surface area (Å²) in [6.45, 7) is 5.08. The summed E-state index contributed by atoms with van der Waals surface area (Å²) in [4.78, 5) is 0.216. The molecule has 0 amide bonds. The predicted octanol–water partition coefficient (Wildman–Crippen LogP) is 1.04. The minimum Gasteiger partial charge on any atom is -0.493 e. The lowest BCUT2D eigenvalue weighted by Gasteiger charge is -2.25. The first-order valence-electron chi connectivity index (χ1n) is 6.79. The lowest BCUT2D eigenvalue weighted by atomic mass is 10.0. The summed E-state index contributed by atoms with van der Waals surface area (Å²) in [5.41, 5.74) is 0.160. The van der Waals surface area contributed by atoms with E-state index in [4.69, 9.17) is 9.47 Å². The lowest BCUT2D eigenvalue weighted by molar-refractivity contribution is 0.353. The summed E-state index contributed by atoms with van der Waals surface area (Å²) >= 11 is 0. The number of hydrogen-bond acceptors (Lipinski definition) is 5. The maximum atomic E-state index is 12.6. The van der Waals surface area contributed by atoms with Crippen LogP contribution in [0.15, 0.2) is 17.0 Å². The van der Waals surface area contributed by atoms with E-state index in [0.717, 1.165) is 13.0 Å². The zero-order chi connectivity index (χ0) is 15.7. The Kier molecular flexibility index (Phi) is 4.46. The third-order valence-corrected chi connectivity index (χ3v) is 5.50. The number of sulfonamides is 1. The molecule has 0 saturated carbocycles. The Bertz CT molecular complexity index is 622. The zero-order valence-electron chi connectivity index (χ0n) is 12.8. The summed E-state index contributed by atoms with van der Waals surface area (Å²) in [6.07, 6.45) is 0.762. The minimum atomic E-state index is -3.62. The highest BCUT2D eigenvalue weighted by molar-refractivity contribution is 7.89. The van der Waals surface area contributed by atoms with Gasteiger partial charge in [0, 0.05) is 18.2 Å². The molecule has 1 heterocycles. The second kappa shape index (κ2) is 5.82. The molecule has 2 N–H and O–H groups in total. The van der Waals surface area contributed by atoms with Crippen molar-refractivity contribution in [2.24, 2.45) is 0 Å². The van der Waals surface area contributed by atoms with Crippen LogP contribution < -0.4 is 19.5 Å². The molecular formula is C14H22N2O4S. The molecule has 6 nitrogen and oxygen atoms in total. The summed E-state index contributed by atoms with van der Waals surface area (Å²) < 4.78 is 38.5. The van der Waals surface area contributed by atoms with E-state index >= 15 is 0 Å². The van der Waals surface area contributed by atoms with Gasteiger partial charge >= 0.3 is 0 Å². The van der Waals surface area contributed by atoms with E-state index in [1.807, 2.05) is 6.92 Å². The van der Waals surface area contributed by atoms with Gasteiger partial charge in [-0.1, -0.05) is 0 Å².